The highest BCUT2D eigenvalue weighted by molar-refractivity contribution is 6.12. The van der Waals surface area contributed by atoms with E-state index in [9.17, 15) is 24.0 Å². The van der Waals surface area contributed by atoms with E-state index < -0.39 is 41.7 Å². The van der Waals surface area contributed by atoms with Crippen LogP contribution < -0.4 is 0 Å². The summed E-state index contributed by atoms with van der Waals surface area (Å²) in [5.41, 5.74) is 3.15. The predicted molar refractivity (Wildman–Crippen MR) is 133 cm³/mol. The molecule has 4 fully saturated rings. The smallest absolute Gasteiger partial charge is 0.413 e. The molecule has 1 aromatic carbocycles. The van der Waals surface area contributed by atoms with Gasteiger partial charge in [0.1, 0.15) is 6.04 Å². The standard InChI is InChI=1S/C27H29N5O7/c1-29-19(9-20(28-29)16-5-3-2-4-6-16)15-30-11-17-13-31(14-18(17)12-30)21-10-24(35)32(26(21)36)39-27(37)38-25-22(33)7-8-23(25)34/h2-6,9,17-18,21,25H,7-8,10-15H2,1H3. The van der Waals surface area contributed by atoms with Gasteiger partial charge in [-0.15, -0.1) is 0 Å². The molecule has 204 valence electrons. The number of hydroxylamine groups is 2. The number of nitrogens with zero attached hydrogens (tertiary/aromatic N) is 5. The van der Waals surface area contributed by atoms with Crippen molar-refractivity contribution in [3.05, 3.63) is 42.1 Å². The van der Waals surface area contributed by atoms with Crippen LogP contribution in [0.5, 0.6) is 0 Å². The number of likely N-dealkylation sites (tertiary alicyclic amines) is 2. The molecular formula is C27H29N5O7. The van der Waals surface area contributed by atoms with Gasteiger partial charge in [-0.3, -0.25) is 38.5 Å². The molecule has 12 nitrogen and oxygen atoms in total. The summed E-state index contributed by atoms with van der Waals surface area (Å²) in [5.74, 6) is -1.63. The number of imide groups is 1. The van der Waals surface area contributed by atoms with Crippen molar-refractivity contribution in [3.8, 4) is 11.3 Å². The Morgan fingerprint density at radius 1 is 0.974 bits per heavy atom. The highest BCUT2D eigenvalue weighted by atomic mass is 16.8. The maximum atomic E-state index is 13.0. The number of hydrogen-bond acceptors (Lipinski definition) is 10. The first-order valence-corrected chi connectivity index (χ1v) is 13.1. The van der Waals surface area contributed by atoms with Crippen LogP contribution >= 0.6 is 0 Å². The van der Waals surface area contributed by atoms with Gasteiger partial charge in [0.05, 0.1) is 17.8 Å². The van der Waals surface area contributed by atoms with Crippen LogP contribution in [0.25, 0.3) is 11.3 Å². The molecule has 4 aliphatic rings. The summed E-state index contributed by atoms with van der Waals surface area (Å²) in [7, 11) is 1.95. The second-order valence-corrected chi connectivity index (χ2v) is 10.7. The van der Waals surface area contributed by atoms with E-state index in [2.05, 4.69) is 16.1 Å². The second kappa shape index (κ2) is 10.0. The predicted octanol–water partition coefficient (Wildman–Crippen LogP) is 0.947. The minimum Gasteiger partial charge on any atom is -0.413 e. The third-order valence-corrected chi connectivity index (χ3v) is 8.13. The minimum atomic E-state index is -1.53. The number of Topliss-reactive ketones (excluding diaryl/α,β-unsaturated/α-hetero) is 2. The lowest BCUT2D eigenvalue weighted by Crippen LogP contribution is -2.43. The number of rotatable bonds is 6. The summed E-state index contributed by atoms with van der Waals surface area (Å²) >= 11 is 0. The molecule has 0 bridgehead atoms. The summed E-state index contributed by atoms with van der Waals surface area (Å²) in [6.45, 7) is 3.85. The van der Waals surface area contributed by atoms with E-state index in [4.69, 9.17) is 9.57 Å². The van der Waals surface area contributed by atoms with E-state index in [-0.39, 0.29) is 19.3 Å². The first-order valence-electron chi connectivity index (χ1n) is 13.1. The van der Waals surface area contributed by atoms with Crippen molar-refractivity contribution in [2.45, 2.75) is 38.0 Å². The Bertz CT molecular complexity index is 1310. The van der Waals surface area contributed by atoms with Crippen molar-refractivity contribution >= 4 is 29.5 Å². The Morgan fingerprint density at radius 3 is 2.31 bits per heavy atom. The van der Waals surface area contributed by atoms with Crippen LogP contribution in [0.1, 0.15) is 25.0 Å². The molecule has 0 N–H and O–H groups in total. The highest BCUT2D eigenvalue weighted by Gasteiger charge is 2.50. The van der Waals surface area contributed by atoms with E-state index in [1.54, 1.807) is 0 Å². The van der Waals surface area contributed by atoms with Crippen LogP contribution in [0.3, 0.4) is 0 Å². The van der Waals surface area contributed by atoms with Crippen molar-refractivity contribution in [2.75, 3.05) is 26.2 Å². The fourth-order valence-corrected chi connectivity index (χ4v) is 6.13. The number of ether oxygens (including phenoxy) is 1. The van der Waals surface area contributed by atoms with Crippen LogP contribution in [-0.2, 0) is 42.3 Å². The Kier molecular flexibility index (Phi) is 6.51. The first kappa shape index (κ1) is 25.4. The average Bonchev–Trinajstić information content (AvgIpc) is 3.70. The lowest BCUT2D eigenvalue weighted by atomic mass is 10.0. The molecule has 2 amide bonds. The van der Waals surface area contributed by atoms with Crippen LogP contribution in [0.4, 0.5) is 4.79 Å². The molecule has 1 aliphatic carbocycles. The molecule has 2 aromatic rings. The van der Waals surface area contributed by atoms with Gasteiger partial charge in [0.25, 0.3) is 11.8 Å². The fraction of sp³-hybridized carbons (Fsp3) is 0.481. The highest BCUT2D eigenvalue weighted by Crippen LogP contribution is 2.35. The summed E-state index contributed by atoms with van der Waals surface area (Å²) < 4.78 is 6.70. The molecule has 3 aliphatic heterocycles. The van der Waals surface area contributed by atoms with Crippen LogP contribution in [0, 0.1) is 11.8 Å². The van der Waals surface area contributed by atoms with E-state index in [1.165, 1.54) is 0 Å². The van der Waals surface area contributed by atoms with E-state index in [1.807, 2.05) is 47.0 Å². The molecule has 4 heterocycles. The lowest BCUT2D eigenvalue weighted by Gasteiger charge is -2.24. The molecule has 3 unspecified atom stereocenters. The second-order valence-electron chi connectivity index (χ2n) is 10.7. The third-order valence-electron chi connectivity index (χ3n) is 8.13. The maximum Gasteiger partial charge on any atom is 0.535 e. The summed E-state index contributed by atoms with van der Waals surface area (Å²) in [5, 5.41) is 5.07. The van der Waals surface area contributed by atoms with Crippen molar-refractivity contribution in [2.24, 2.45) is 18.9 Å². The van der Waals surface area contributed by atoms with Gasteiger partial charge in [-0.25, -0.2) is 4.79 Å². The van der Waals surface area contributed by atoms with Gasteiger partial charge in [0.2, 0.25) is 6.10 Å². The molecule has 39 heavy (non-hydrogen) atoms. The Labute approximate surface area is 224 Å². The third kappa shape index (κ3) is 4.85. The summed E-state index contributed by atoms with van der Waals surface area (Å²) in [6, 6.07) is 11.5. The molecule has 1 aromatic heterocycles. The first-order chi connectivity index (χ1) is 18.8. The van der Waals surface area contributed by atoms with Crippen molar-refractivity contribution in [3.63, 3.8) is 0 Å². The zero-order valence-electron chi connectivity index (χ0n) is 21.5. The lowest BCUT2D eigenvalue weighted by molar-refractivity contribution is -0.179. The van der Waals surface area contributed by atoms with Gasteiger partial charge >= 0.3 is 6.16 Å². The number of carbonyl (C=O) groups is 5. The molecule has 6 rings (SSSR count). The molecular weight excluding hydrogens is 506 g/mol. The number of carbonyl (C=O) groups excluding carboxylic acids is 5. The maximum absolute atomic E-state index is 13.0. The van der Waals surface area contributed by atoms with E-state index in [0.29, 0.717) is 30.0 Å². The molecule has 12 heteroatoms. The Balaban J connectivity index is 1.02. The zero-order chi connectivity index (χ0) is 27.3. The van der Waals surface area contributed by atoms with Gasteiger partial charge < -0.3 is 4.74 Å². The van der Waals surface area contributed by atoms with Gasteiger partial charge in [0.15, 0.2) is 11.6 Å². The topological polar surface area (TPSA) is 131 Å². The Morgan fingerprint density at radius 2 is 1.64 bits per heavy atom. The van der Waals surface area contributed by atoms with Gasteiger partial charge in [-0.1, -0.05) is 35.4 Å². The molecule has 0 radical (unpaired) electrons. The fourth-order valence-electron chi connectivity index (χ4n) is 6.13. The SMILES string of the molecule is Cn1nc(-c2ccccc2)cc1CN1CC2CN(C3CC(=O)N(OC(=O)OC4C(=O)CCC4=O)C3=O)CC2C1. The number of fused-ring (bicyclic) bond motifs is 1. The number of aryl methyl sites for hydroxylation is 1. The Hall–Kier alpha value is -3.90. The zero-order valence-corrected chi connectivity index (χ0v) is 21.5. The van der Waals surface area contributed by atoms with Crippen LogP contribution in [-0.4, -0.2) is 92.5 Å². The molecule has 1 saturated carbocycles. The van der Waals surface area contributed by atoms with Crippen molar-refractivity contribution in [1.29, 1.82) is 0 Å². The average molecular weight is 536 g/mol. The largest absolute Gasteiger partial charge is 0.535 e. The molecule has 3 saturated heterocycles. The normalized spacial score (nSPS) is 26.2. The van der Waals surface area contributed by atoms with Crippen molar-refractivity contribution in [1.82, 2.24) is 24.6 Å². The van der Waals surface area contributed by atoms with Crippen molar-refractivity contribution < 1.29 is 33.5 Å². The van der Waals surface area contributed by atoms with Crippen LogP contribution in [0.15, 0.2) is 36.4 Å². The van der Waals surface area contributed by atoms with Gasteiger partial charge in [-0.05, 0) is 17.9 Å². The van der Waals surface area contributed by atoms with E-state index in [0.717, 1.165) is 36.6 Å². The number of ketones is 2. The number of benzene rings is 1. The quantitative estimate of drug-likeness (QED) is 0.299. The molecule has 3 atom stereocenters. The monoisotopic (exact) mass is 535 g/mol. The number of amides is 2. The molecule has 0 spiro atoms. The number of aromatic nitrogens is 2. The summed E-state index contributed by atoms with van der Waals surface area (Å²) in [4.78, 5) is 70.2. The minimum absolute atomic E-state index is 0.00798. The van der Waals surface area contributed by atoms with Gasteiger partial charge in [-0.2, -0.15) is 5.10 Å². The number of hydrogen-bond donors (Lipinski definition) is 0. The summed E-state index contributed by atoms with van der Waals surface area (Å²) in [6.07, 6.45) is -3.06. The van der Waals surface area contributed by atoms with Crippen LogP contribution in [0.2, 0.25) is 0 Å². The van der Waals surface area contributed by atoms with E-state index >= 15 is 0 Å². The van der Waals surface area contributed by atoms with Gasteiger partial charge in [0, 0.05) is 58.2 Å².